The van der Waals surface area contributed by atoms with E-state index >= 15 is 0 Å². The maximum Gasteiger partial charge on any atom is 0.412 e. The molecule has 2 heterocycles. The lowest BCUT2D eigenvalue weighted by atomic mass is 10.2. The first kappa shape index (κ1) is 16.8. The van der Waals surface area contributed by atoms with E-state index in [4.69, 9.17) is 4.74 Å². The Morgan fingerprint density at radius 3 is 2.76 bits per heavy atom. The van der Waals surface area contributed by atoms with Crippen LogP contribution in [-0.2, 0) is 11.3 Å². The van der Waals surface area contributed by atoms with Gasteiger partial charge in [0.2, 0.25) is 5.95 Å². The fraction of sp³-hybridized carbons (Fsp3) is 0.118. The van der Waals surface area contributed by atoms with Gasteiger partial charge in [-0.1, -0.05) is 12.1 Å². The zero-order valence-electron chi connectivity index (χ0n) is 13.3. The van der Waals surface area contributed by atoms with Crippen molar-refractivity contribution >= 4 is 28.4 Å². The Hall–Kier alpha value is -3.00. The highest BCUT2D eigenvalue weighted by Crippen LogP contribution is 2.30. The zero-order chi connectivity index (χ0) is 17.6. The second kappa shape index (κ2) is 7.71. The van der Waals surface area contributed by atoms with E-state index in [0.29, 0.717) is 16.5 Å². The minimum atomic E-state index is -0.573. The number of carbonyl (C=O) groups is 1. The molecule has 25 heavy (non-hydrogen) atoms. The molecule has 0 unspecified atom stereocenters. The third-order valence-corrected chi connectivity index (χ3v) is 4.27. The van der Waals surface area contributed by atoms with Crippen LogP contribution < -0.4 is 10.6 Å². The largest absolute Gasteiger partial charge is 0.444 e. The predicted octanol–water partition coefficient (Wildman–Crippen LogP) is 4.13. The standard InChI is InChI=1S/C17H15FN4O2S/c1-19-16-20-9-8-13(21-16)14-6-7-15(25-14)22-17(23)24-10-11-2-4-12(18)5-3-11/h2-9H,10H2,1H3,(H,22,23)(H,19,20,21). The molecule has 0 radical (unpaired) electrons. The molecule has 0 aliphatic rings. The van der Waals surface area contributed by atoms with E-state index in [9.17, 15) is 9.18 Å². The van der Waals surface area contributed by atoms with Crippen LogP contribution >= 0.6 is 11.3 Å². The van der Waals surface area contributed by atoms with Crippen LogP contribution in [0, 0.1) is 5.82 Å². The first-order chi connectivity index (χ1) is 12.1. The molecule has 0 atom stereocenters. The molecule has 0 bridgehead atoms. The van der Waals surface area contributed by atoms with Crippen LogP contribution in [0.5, 0.6) is 0 Å². The molecule has 2 aromatic heterocycles. The van der Waals surface area contributed by atoms with Gasteiger partial charge in [-0.3, -0.25) is 5.32 Å². The number of halogens is 1. The van der Waals surface area contributed by atoms with Gasteiger partial charge in [-0.15, -0.1) is 11.3 Å². The lowest BCUT2D eigenvalue weighted by Crippen LogP contribution is -2.12. The van der Waals surface area contributed by atoms with Crippen LogP contribution in [0.15, 0.2) is 48.7 Å². The maximum atomic E-state index is 12.8. The topological polar surface area (TPSA) is 76.1 Å². The summed E-state index contributed by atoms with van der Waals surface area (Å²) >= 11 is 1.38. The van der Waals surface area contributed by atoms with Gasteiger partial charge in [-0.2, -0.15) is 0 Å². The van der Waals surface area contributed by atoms with E-state index in [1.54, 1.807) is 37.5 Å². The second-order valence-corrected chi connectivity index (χ2v) is 6.09. The molecule has 0 fully saturated rings. The fourth-order valence-corrected chi connectivity index (χ4v) is 2.89. The number of aromatic nitrogens is 2. The molecule has 8 heteroatoms. The summed E-state index contributed by atoms with van der Waals surface area (Å²) < 4.78 is 18.0. The number of amides is 1. The van der Waals surface area contributed by atoms with Crippen molar-refractivity contribution in [3.63, 3.8) is 0 Å². The van der Waals surface area contributed by atoms with E-state index < -0.39 is 6.09 Å². The Morgan fingerprint density at radius 2 is 2.00 bits per heavy atom. The summed E-state index contributed by atoms with van der Waals surface area (Å²) in [6, 6.07) is 11.2. The van der Waals surface area contributed by atoms with Crippen molar-refractivity contribution in [1.29, 1.82) is 0 Å². The van der Waals surface area contributed by atoms with Crippen molar-refractivity contribution in [2.45, 2.75) is 6.61 Å². The van der Waals surface area contributed by atoms with Gasteiger partial charge in [0.1, 0.15) is 12.4 Å². The Balaban J connectivity index is 1.58. The molecule has 0 spiro atoms. The lowest BCUT2D eigenvalue weighted by Gasteiger charge is -2.05. The molecule has 3 rings (SSSR count). The zero-order valence-corrected chi connectivity index (χ0v) is 14.1. The normalized spacial score (nSPS) is 10.3. The number of benzene rings is 1. The number of ether oxygens (including phenoxy) is 1. The molecule has 3 aromatic rings. The molecule has 128 valence electrons. The third kappa shape index (κ3) is 4.51. The van der Waals surface area contributed by atoms with Crippen molar-refractivity contribution in [3.05, 3.63) is 60.0 Å². The average Bonchev–Trinajstić information content (AvgIpc) is 3.10. The van der Waals surface area contributed by atoms with E-state index in [0.717, 1.165) is 10.6 Å². The fourth-order valence-electron chi connectivity index (χ4n) is 2.03. The van der Waals surface area contributed by atoms with Crippen LogP contribution in [0.25, 0.3) is 10.6 Å². The quantitative estimate of drug-likeness (QED) is 0.717. The Kier molecular flexibility index (Phi) is 5.20. The minimum absolute atomic E-state index is 0.0712. The smallest absolute Gasteiger partial charge is 0.412 e. The summed E-state index contributed by atoms with van der Waals surface area (Å²) in [7, 11) is 1.75. The van der Waals surface area contributed by atoms with Gasteiger partial charge in [-0.05, 0) is 35.9 Å². The van der Waals surface area contributed by atoms with Crippen molar-refractivity contribution in [2.75, 3.05) is 17.7 Å². The molecule has 0 aliphatic heterocycles. The monoisotopic (exact) mass is 358 g/mol. The van der Waals surface area contributed by atoms with E-state index in [1.165, 1.54) is 23.5 Å². The minimum Gasteiger partial charge on any atom is -0.444 e. The first-order valence-corrected chi connectivity index (χ1v) is 8.25. The van der Waals surface area contributed by atoms with Crippen LogP contribution in [0.4, 0.5) is 20.1 Å². The molecule has 1 aromatic carbocycles. The van der Waals surface area contributed by atoms with Crippen LogP contribution in [0.1, 0.15) is 5.56 Å². The maximum absolute atomic E-state index is 12.8. The summed E-state index contributed by atoms with van der Waals surface area (Å²) in [6.45, 7) is 0.0712. The molecule has 1 amide bonds. The van der Waals surface area contributed by atoms with Gasteiger partial charge in [0, 0.05) is 13.2 Å². The highest BCUT2D eigenvalue weighted by atomic mass is 32.1. The van der Waals surface area contributed by atoms with Gasteiger partial charge < -0.3 is 10.1 Å². The Morgan fingerprint density at radius 1 is 1.20 bits per heavy atom. The molecular weight excluding hydrogens is 343 g/mol. The number of thiophene rings is 1. The second-order valence-electron chi connectivity index (χ2n) is 5.01. The molecule has 6 nitrogen and oxygen atoms in total. The van der Waals surface area contributed by atoms with Crippen molar-refractivity contribution in [1.82, 2.24) is 9.97 Å². The van der Waals surface area contributed by atoms with E-state index in [2.05, 4.69) is 20.6 Å². The van der Waals surface area contributed by atoms with Gasteiger partial charge in [0.15, 0.2) is 0 Å². The highest BCUT2D eigenvalue weighted by Gasteiger charge is 2.09. The summed E-state index contributed by atoms with van der Waals surface area (Å²) in [4.78, 5) is 21.2. The molecular formula is C17H15FN4O2S. The third-order valence-electron chi connectivity index (χ3n) is 3.25. The van der Waals surface area contributed by atoms with Crippen molar-refractivity contribution in [2.24, 2.45) is 0 Å². The van der Waals surface area contributed by atoms with Crippen molar-refractivity contribution in [3.8, 4) is 10.6 Å². The number of carbonyl (C=O) groups excluding carboxylic acids is 1. The molecule has 0 saturated heterocycles. The number of rotatable bonds is 5. The summed E-state index contributed by atoms with van der Waals surface area (Å²) in [5, 5.41) is 6.19. The van der Waals surface area contributed by atoms with Crippen molar-refractivity contribution < 1.29 is 13.9 Å². The predicted molar refractivity (Wildman–Crippen MR) is 95.1 cm³/mol. The Bertz CT molecular complexity index is 867. The Labute approximate surface area is 147 Å². The first-order valence-electron chi connectivity index (χ1n) is 7.43. The number of hydrogen-bond donors (Lipinski definition) is 2. The van der Waals surface area contributed by atoms with Gasteiger partial charge >= 0.3 is 6.09 Å². The van der Waals surface area contributed by atoms with Gasteiger partial charge in [-0.25, -0.2) is 19.2 Å². The summed E-state index contributed by atoms with van der Waals surface area (Å²) in [6.07, 6.45) is 1.09. The van der Waals surface area contributed by atoms with Crippen LogP contribution in [-0.4, -0.2) is 23.1 Å². The molecule has 0 saturated carbocycles. The number of nitrogens with zero attached hydrogens (tertiary/aromatic N) is 2. The molecule has 0 aliphatic carbocycles. The lowest BCUT2D eigenvalue weighted by molar-refractivity contribution is 0.155. The van der Waals surface area contributed by atoms with Gasteiger partial charge in [0.05, 0.1) is 15.6 Å². The number of nitrogens with one attached hydrogen (secondary N) is 2. The summed E-state index contributed by atoms with van der Waals surface area (Å²) in [5.74, 6) is 0.199. The van der Waals surface area contributed by atoms with Gasteiger partial charge in [0.25, 0.3) is 0 Å². The number of anilines is 2. The number of hydrogen-bond acceptors (Lipinski definition) is 6. The average molecular weight is 358 g/mol. The van der Waals surface area contributed by atoms with E-state index in [-0.39, 0.29) is 12.4 Å². The van der Waals surface area contributed by atoms with Crippen LogP contribution in [0.2, 0.25) is 0 Å². The SMILES string of the molecule is CNc1nccc(-c2ccc(NC(=O)OCc3ccc(F)cc3)s2)n1. The summed E-state index contributed by atoms with van der Waals surface area (Å²) in [5.41, 5.74) is 1.47. The highest BCUT2D eigenvalue weighted by molar-refractivity contribution is 7.19. The van der Waals surface area contributed by atoms with Crippen LogP contribution in [0.3, 0.4) is 0 Å². The van der Waals surface area contributed by atoms with E-state index in [1.807, 2.05) is 6.07 Å². The molecule has 2 N–H and O–H groups in total.